The second kappa shape index (κ2) is 8.56. The molecule has 0 bridgehead atoms. The van der Waals surface area contributed by atoms with Crippen LogP contribution in [-0.4, -0.2) is 35.9 Å². The van der Waals surface area contributed by atoms with Crippen LogP contribution in [0.5, 0.6) is 11.5 Å². The van der Waals surface area contributed by atoms with Crippen LogP contribution in [0.25, 0.3) is 11.1 Å². The van der Waals surface area contributed by atoms with E-state index in [1.807, 2.05) is 19.1 Å². The number of hydrogen-bond donors (Lipinski definition) is 1. The van der Waals surface area contributed by atoms with Gasteiger partial charge in [-0.2, -0.15) is 5.10 Å². The molecule has 0 spiro atoms. The third-order valence-electron chi connectivity index (χ3n) is 4.26. The molecule has 0 unspecified atom stereocenters. The summed E-state index contributed by atoms with van der Waals surface area (Å²) in [4.78, 5) is 12.7. The molecule has 146 valence electrons. The molecule has 0 saturated carbocycles. The summed E-state index contributed by atoms with van der Waals surface area (Å²) in [5.74, 6) is 0.109. The summed E-state index contributed by atoms with van der Waals surface area (Å²) in [6.45, 7) is 2.27. The SMILES string of the molecule is COc1ccccc1OCCNC(=O)c1c(F)cccc1-c1cn(C)nc1C. The molecule has 0 fully saturated rings. The van der Waals surface area contributed by atoms with E-state index in [2.05, 4.69) is 10.4 Å². The summed E-state index contributed by atoms with van der Waals surface area (Å²) in [5.41, 5.74) is 1.95. The van der Waals surface area contributed by atoms with Gasteiger partial charge in [-0.3, -0.25) is 9.48 Å². The maximum Gasteiger partial charge on any atom is 0.255 e. The van der Waals surface area contributed by atoms with Gasteiger partial charge >= 0.3 is 0 Å². The zero-order valence-corrected chi connectivity index (χ0v) is 16.0. The third-order valence-corrected chi connectivity index (χ3v) is 4.26. The van der Waals surface area contributed by atoms with Crippen molar-refractivity contribution in [1.82, 2.24) is 15.1 Å². The van der Waals surface area contributed by atoms with Crippen LogP contribution >= 0.6 is 0 Å². The minimum absolute atomic E-state index is 0.00380. The van der Waals surface area contributed by atoms with Crippen LogP contribution in [0.2, 0.25) is 0 Å². The zero-order valence-electron chi connectivity index (χ0n) is 16.0. The average Bonchev–Trinajstić information content (AvgIpc) is 3.03. The summed E-state index contributed by atoms with van der Waals surface area (Å²) < 4.78 is 27.0. The fraction of sp³-hybridized carbons (Fsp3) is 0.238. The molecule has 1 N–H and O–H groups in total. The Morgan fingerprint density at radius 3 is 2.57 bits per heavy atom. The molecule has 1 heterocycles. The maximum atomic E-state index is 14.5. The van der Waals surface area contributed by atoms with Crippen molar-refractivity contribution in [3.05, 3.63) is 65.7 Å². The van der Waals surface area contributed by atoms with Gasteiger partial charge in [0.05, 0.1) is 24.9 Å². The van der Waals surface area contributed by atoms with E-state index in [0.717, 1.165) is 11.3 Å². The lowest BCUT2D eigenvalue weighted by atomic mass is 9.99. The topological polar surface area (TPSA) is 65.4 Å². The van der Waals surface area contributed by atoms with Crippen molar-refractivity contribution in [3.8, 4) is 22.6 Å². The second-order valence-electron chi connectivity index (χ2n) is 6.22. The van der Waals surface area contributed by atoms with Crippen molar-refractivity contribution in [1.29, 1.82) is 0 Å². The van der Waals surface area contributed by atoms with Gasteiger partial charge in [0.2, 0.25) is 0 Å². The fourth-order valence-corrected chi connectivity index (χ4v) is 3.00. The van der Waals surface area contributed by atoms with Crippen molar-refractivity contribution in [2.75, 3.05) is 20.3 Å². The van der Waals surface area contributed by atoms with E-state index < -0.39 is 11.7 Å². The molecule has 0 atom stereocenters. The number of methoxy groups -OCH3 is 1. The van der Waals surface area contributed by atoms with Gasteiger partial charge in [0, 0.05) is 24.4 Å². The van der Waals surface area contributed by atoms with Crippen LogP contribution in [0.4, 0.5) is 4.39 Å². The Morgan fingerprint density at radius 2 is 1.89 bits per heavy atom. The summed E-state index contributed by atoms with van der Waals surface area (Å²) in [6.07, 6.45) is 1.77. The number of para-hydroxylation sites is 2. The first-order valence-corrected chi connectivity index (χ1v) is 8.84. The standard InChI is InChI=1S/C21H22FN3O3/c1-14-16(13-25(2)24-14)15-7-6-8-17(22)20(15)21(26)23-11-12-28-19-10-5-4-9-18(19)27-3/h4-10,13H,11-12H2,1-3H3,(H,23,26). The molecular formula is C21H22FN3O3. The van der Waals surface area contributed by atoms with Gasteiger partial charge in [-0.15, -0.1) is 0 Å². The number of amides is 1. The van der Waals surface area contributed by atoms with Gasteiger partial charge < -0.3 is 14.8 Å². The Kier molecular flexibility index (Phi) is 5.93. The van der Waals surface area contributed by atoms with Crippen molar-refractivity contribution in [2.45, 2.75) is 6.92 Å². The van der Waals surface area contributed by atoms with E-state index in [0.29, 0.717) is 17.1 Å². The Morgan fingerprint density at radius 1 is 1.14 bits per heavy atom. The predicted octanol–water partition coefficient (Wildman–Crippen LogP) is 3.35. The Hall–Kier alpha value is -3.35. The van der Waals surface area contributed by atoms with E-state index in [1.165, 1.54) is 6.07 Å². The molecule has 2 aromatic carbocycles. The highest BCUT2D eigenvalue weighted by molar-refractivity contribution is 6.01. The number of rotatable bonds is 7. The largest absolute Gasteiger partial charge is 0.493 e. The lowest BCUT2D eigenvalue weighted by molar-refractivity contribution is 0.0943. The summed E-state index contributed by atoms with van der Waals surface area (Å²) in [6, 6.07) is 11.8. The maximum absolute atomic E-state index is 14.5. The quantitative estimate of drug-likeness (QED) is 0.636. The molecule has 0 radical (unpaired) electrons. The Balaban J connectivity index is 1.70. The fourth-order valence-electron chi connectivity index (χ4n) is 3.00. The summed E-state index contributed by atoms with van der Waals surface area (Å²) in [5, 5.41) is 6.99. The van der Waals surface area contributed by atoms with E-state index in [-0.39, 0.29) is 18.7 Å². The molecule has 0 aliphatic rings. The molecule has 3 aromatic rings. The number of benzene rings is 2. The van der Waals surface area contributed by atoms with Crippen molar-refractivity contribution in [3.63, 3.8) is 0 Å². The van der Waals surface area contributed by atoms with Crippen LogP contribution in [0.3, 0.4) is 0 Å². The van der Waals surface area contributed by atoms with Gasteiger partial charge in [0.1, 0.15) is 12.4 Å². The molecule has 0 aliphatic heterocycles. The molecular weight excluding hydrogens is 361 g/mol. The molecule has 28 heavy (non-hydrogen) atoms. The van der Waals surface area contributed by atoms with E-state index in [4.69, 9.17) is 9.47 Å². The van der Waals surface area contributed by atoms with Crippen LogP contribution < -0.4 is 14.8 Å². The van der Waals surface area contributed by atoms with Gasteiger partial charge in [-0.25, -0.2) is 4.39 Å². The highest BCUT2D eigenvalue weighted by Crippen LogP contribution is 2.28. The van der Waals surface area contributed by atoms with Gasteiger partial charge in [0.15, 0.2) is 11.5 Å². The number of nitrogens with one attached hydrogen (secondary N) is 1. The molecule has 1 amide bonds. The predicted molar refractivity (Wildman–Crippen MR) is 104 cm³/mol. The van der Waals surface area contributed by atoms with Gasteiger partial charge in [0.25, 0.3) is 5.91 Å². The highest BCUT2D eigenvalue weighted by Gasteiger charge is 2.20. The zero-order chi connectivity index (χ0) is 20.1. The van der Waals surface area contributed by atoms with Gasteiger partial charge in [-0.1, -0.05) is 24.3 Å². The van der Waals surface area contributed by atoms with Crippen LogP contribution in [-0.2, 0) is 7.05 Å². The van der Waals surface area contributed by atoms with Crippen molar-refractivity contribution in [2.24, 2.45) is 7.05 Å². The van der Waals surface area contributed by atoms with Crippen LogP contribution in [0.1, 0.15) is 16.1 Å². The number of nitrogens with zero attached hydrogens (tertiary/aromatic N) is 2. The van der Waals surface area contributed by atoms with E-state index >= 15 is 0 Å². The molecule has 7 heteroatoms. The first kappa shape index (κ1) is 19.4. The minimum Gasteiger partial charge on any atom is -0.493 e. The normalized spacial score (nSPS) is 10.6. The number of aromatic nitrogens is 2. The lowest BCUT2D eigenvalue weighted by Crippen LogP contribution is -2.29. The highest BCUT2D eigenvalue weighted by atomic mass is 19.1. The smallest absolute Gasteiger partial charge is 0.255 e. The molecule has 0 aliphatic carbocycles. The monoisotopic (exact) mass is 383 g/mol. The third kappa shape index (κ3) is 4.14. The summed E-state index contributed by atoms with van der Waals surface area (Å²) >= 11 is 0. The number of carbonyl (C=O) groups excluding carboxylic acids is 1. The molecule has 3 rings (SSSR count). The average molecular weight is 383 g/mol. The lowest BCUT2D eigenvalue weighted by Gasteiger charge is -2.13. The van der Waals surface area contributed by atoms with Gasteiger partial charge in [-0.05, 0) is 25.1 Å². The molecule has 6 nitrogen and oxygen atoms in total. The second-order valence-corrected chi connectivity index (χ2v) is 6.22. The Bertz CT molecular complexity index is 985. The number of carbonyl (C=O) groups is 1. The number of ether oxygens (including phenoxy) is 2. The molecule has 0 saturated heterocycles. The van der Waals surface area contributed by atoms with Crippen LogP contribution in [0.15, 0.2) is 48.7 Å². The first-order chi connectivity index (χ1) is 13.5. The Labute approximate surface area is 162 Å². The van der Waals surface area contributed by atoms with E-state index in [1.54, 1.807) is 49.3 Å². The number of aryl methyl sites for hydroxylation is 2. The minimum atomic E-state index is -0.580. The summed E-state index contributed by atoms with van der Waals surface area (Å²) in [7, 11) is 3.34. The number of hydrogen-bond acceptors (Lipinski definition) is 4. The van der Waals surface area contributed by atoms with Crippen molar-refractivity contribution >= 4 is 5.91 Å². The molecule has 1 aromatic heterocycles. The number of halogens is 1. The van der Waals surface area contributed by atoms with E-state index in [9.17, 15) is 9.18 Å². The van der Waals surface area contributed by atoms with Crippen molar-refractivity contribution < 1.29 is 18.7 Å². The van der Waals surface area contributed by atoms with Crippen LogP contribution in [0, 0.1) is 12.7 Å². The first-order valence-electron chi connectivity index (χ1n) is 8.84.